The number of aromatic nitrogens is 8. The van der Waals surface area contributed by atoms with Crippen LogP contribution in [0.25, 0.3) is 28.3 Å². The summed E-state index contributed by atoms with van der Waals surface area (Å²) >= 11 is 0. The number of nitrogens with one attached hydrogen (secondary N) is 1. The van der Waals surface area contributed by atoms with Crippen LogP contribution >= 0.6 is 0 Å². The van der Waals surface area contributed by atoms with Crippen molar-refractivity contribution < 1.29 is 8.42 Å². The van der Waals surface area contributed by atoms with Crippen LogP contribution in [0.5, 0.6) is 0 Å². The van der Waals surface area contributed by atoms with Crippen LogP contribution < -0.4 is 0 Å². The second-order valence-corrected chi connectivity index (χ2v) is 7.44. The Bertz CT molecular complexity index is 1180. The van der Waals surface area contributed by atoms with Crippen molar-refractivity contribution in [2.75, 3.05) is 6.26 Å². The van der Waals surface area contributed by atoms with E-state index in [0.717, 1.165) is 6.26 Å². The fraction of sp³-hybridized carbons (Fsp3) is 0.143. The van der Waals surface area contributed by atoms with Gasteiger partial charge in [0.25, 0.3) is 5.78 Å². The molecule has 1 aromatic carbocycles. The van der Waals surface area contributed by atoms with Gasteiger partial charge in [0.2, 0.25) is 0 Å². The molecule has 3 aromatic heterocycles. The lowest BCUT2D eigenvalue weighted by Crippen LogP contribution is -2.03. The Morgan fingerprint density at radius 1 is 1.16 bits per heavy atom. The molecule has 0 saturated carbocycles. The summed E-state index contributed by atoms with van der Waals surface area (Å²) in [5, 5.41) is 21.6. The molecule has 0 fully saturated rings. The predicted molar refractivity (Wildman–Crippen MR) is 87.2 cm³/mol. The standard InChI is InChI=1S/C14H12N8O2S/c1-8-16-19-14-15-6-9(7-22(8)14)10-4-3-5-11(25(2,23)24)12(10)13-17-20-21-18-13/h3-7H,1-2H3,(H,17,18,20,21). The first-order valence-corrected chi connectivity index (χ1v) is 9.09. The maximum atomic E-state index is 12.2. The van der Waals surface area contributed by atoms with Crippen molar-refractivity contribution in [3.8, 4) is 22.5 Å². The Balaban J connectivity index is 2.05. The van der Waals surface area contributed by atoms with Crippen molar-refractivity contribution >= 4 is 15.6 Å². The highest BCUT2D eigenvalue weighted by molar-refractivity contribution is 7.90. The Morgan fingerprint density at radius 3 is 2.72 bits per heavy atom. The highest BCUT2D eigenvalue weighted by Gasteiger charge is 2.22. The summed E-state index contributed by atoms with van der Waals surface area (Å²) < 4.78 is 26.2. The van der Waals surface area contributed by atoms with E-state index in [9.17, 15) is 8.42 Å². The summed E-state index contributed by atoms with van der Waals surface area (Å²) in [6.45, 7) is 1.81. The highest BCUT2D eigenvalue weighted by atomic mass is 32.2. The SMILES string of the molecule is Cc1nnc2ncc(-c3cccc(S(C)(=O)=O)c3-c3nnn[nH]3)cn12. The summed E-state index contributed by atoms with van der Waals surface area (Å²) in [5.41, 5.74) is 1.71. The van der Waals surface area contributed by atoms with Crippen LogP contribution in [0.3, 0.4) is 0 Å². The van der Waals surface area contributed by atoms with E-state index in [0.29, 0.717) is 28.3 Å². The maximum Gasteiger partial charge on any atom is 0.254 e. The van der Waals surface area contributed by atoms with Gasteiger partial charge in [-0.2, -0.15) is 0 Å². The number of fused-ring (bicyclic) bond motifs is 1. The van der Waals surface area contributed by atoms with E-state index < -0.39 is 9.84 Å². The second kappa shape index (κ2) is 5.41. The molecule has 0 aliphatic heterocycles. The minimum Gasteiger partial charge on any atom is -0.270 e. The van der Waals surface area contributed by atoms with E-state index in [1.165, 1.54) is 6.07 Å². The first-order valence-electron chi connectivity index (χ1n) is 7.20. The molecule has 0 bridgehead atoms. The van der Waals surface area contributed by atoms with Crippen molar-refractivity contribution in [1.29, 1.82) is 0 Å². The van der Waals surface area contributed by atoms with Gasteiger partial charge < -0.3 is 0 Å². The van der Waals surface area contributed by atoms with Crippen molar-refractivity contribution in [2.45, 2.75) is 11.8 Å². The first-order chi connectivity index (χ1) is 11.9. The van der Waals surface area contributed by atoms with Gasteiger partial charge >= 0.3 is 0 Å². The topological polar surface area (TPSA) is 132 Å². The smallest absolute Gasteiger partial charge is 0.254 e. The van der Waals surface area contributed by atoms with Crippen LogP contribution in [0.4, 0.5) is 0 Å². The number of H-pyrrole nitrogens is 1. The molecule has 0 radical (unpaired) electrons. The minimum absolute atomic E-state index is 0.129. The zero-order valence-corrected chi connectivity index (χ0v) is 14.1. The molecule has 0 amide bonds. The van der Waals surface area contributed by atoms with Gasteiger partial charge in [0, 0.05) is 29.8 Å². The molecular weight excluding hydrogens is 344 g/mol. The number of benzene rings is 1. The number of hydrogen-bond acceptors (Lipinski definition) is 8. The zero-order chi connectivity index (χ0) is 17.6. The minimum atomic E-state index is -3.50. The average Bonchev–Trinajstić information content (AvgIpc) is 3.23. The van der Waals surface area contributed by atoms with Crippen molar-refractivity contribution in [3.63, 3.8) is 0 Å². The zero-order valence-electron chi connectivity index (χ0n) is 13.2. The van der Waals surface area contributed by atoms with E-state index in [4.69, 9.17) is 0 Å². The van der Waals surface area contributed by atoms with Gasteiger partial charge in [-0.3, -0.25) is 4.40 Å². The third kappa shape index (κ3) is 2.54. The first kappa shape index (κ1) is 15.3. The summed E-state index contributed by atoms with van der Waals surface area (Å²) in [6, 6.07) is 4.98. The lowest BCUT2D eigenvalue weighted by Gasteiger charge is -2.11. The van der Waals surface area contributed by atoms with Gasteiger partial charge in [-0.15, -0.1) is 15.3 Å². The van der Waals surface area contributed by atoms with Crippen molar-refractivity contribution in [1.82, 2.24) is 40.2 Å². The molecule has 25 heavy (non-hydrogen) atoms. The summed E-state index contributed by atoms with van der Waals surface area (Å²) in [7, 11) is -3.50. The molecule has 0 unspecified atom stereocenters. The molecule has 10 nitrogen and oxygen atoms in total. The van der Waals surface area contributed by atoms with Crippen LogP contribution in [0, 0.1) is 6.92 Å². The van der Waals surface area contributed by atoms with Gasteiger partial charge in [-0.25, -0.2) is 18.5 Å². The molecule has 0 saturated heterocycles. The lowest BCUT2D eigenvalue weighted by molar-refractivity contribution is 0.602. The molecule has 126 valence electrons. The number of aromatic amines is 1. The third-order valence-electron chi connectivity index (χ3n) is 3.75. The average molecular weight is 356 g/mol. The molecule has 11 heteroatoms. The van der Waals surface area contributed by atoms with E-state index in [2.05, 4.69) is 35.8 Å². The van der Waals surface area contributed by atoms with Gasteiger partial charge in [0.05, 0.1) is 4.90 Å². The van der Waals surface area contributed by atoms with Crippen LogP contribution in [0.1, 0.15) is 5.82 Å². The molecule has 3 heterocycles. The lowest BCUT2D eigenvalue weighted by atomic mass is 10.0. The van der Waals surface area contributed by atoms with Crippen molar-refractivity contribution in [3.05, 3.63) is 36.4 Å². The summed E-state index contributed by atoms with van der Waals surface area (Å²) in [6.07, 6.45) is 4.55. The largest absolute Gasteiger partial charge is 0.270 e. The molecule has 4 aromatic rings. The molecule has 0 atom stereocenters. The number of rotatable bonds is 3. The number of tetrazole rings is 1. The summed E-state index contributed by atoms with van der Waals surface area (Å²) in [4.78, 5) is 4.40. The van der Waals surface area contributed by atoms with Gasteiger partial charge in [-0.1, -0.05) is 12.1 Å². The number of sulfone groups is 1. The Morgan fingerprint density at radius 2 is 2.00 bits per heavy atom. The van der Waals surface area contributed by atoms with Gasteiger partial charge in [0.1, 0.15) is 5.82 Å². The maximum absolute atomic E-state index is 12.2. The number of aryl methyl sites for hydroxylation is 1. The fourth-order valence-electron chi connectivity index (χ4n) is 2.63. The van der Waals surface area contributed by atoms with Crippen LogP contribution in [-0.4, -0.2) is 54.9 Å². The van der Waals surface area contributed by atoms with Crippen LogP contribution in [-0.2, 0) is 9.84 Å². The monoisotopic (exact) mass is 356 g/mol. The molecule has 0 spiro atoms. The summed E-state index contributed by atoms with van der Waals surface area (Å²) in [5.74, 6) is 1.39. The second-order valence-electron chi connectivity index (χ2n) is 5.46. The number of nitrogens with zero attached hydrogens (tertiary/aromatic N) is 7. The van der Waals surface area contributed by atoms with Crippen LogP contribution in [0.15, 0.2) is 35.5 Å². The predicted octanol–water partition coefficient (Wildman–Crippen LogP) is 0.683. The van der Waals surface area contributed by atoms with E-state index in [-0.39, 0.29) is 10.7 Å². The third-order valence-corrected chi connectivity index (χ3v) is 4.89. The fourth-order valence-corrected chi connectivity index (χ4v) is 3.53. The number of hydrogen-bond donors (Lipinski definition) is 1. The molecule has 0 aliphatic carbocycles. The van der Waals surface area contributed by atoms with Gasteiger partial charge in [-0.05, 0) is 29.0 Å². The Labute approximate surface area is 141 Å². The Kier molecular flexibility index (Phi) is 3.32. The normalized spacial score (nSPS) is 11.9. The highest BCUT2D eigenvalue weighted by Crippen LogP contribution is 2.34. The van der Waals surface area contributed by atoms with Crippen LogP contribution in [0.2, 0.25) is 0 Å². The van der Waals surface area contributed by atoms with Crippen molar-refractivity contribution in [2.24, 2.45) is 0 Å². The molecule has 4 rings (SSSR count). The molecule has 1 N–H and O–H groups in total. The van der Waals surface area contributed by atoms with Gasteiger partial charge in [0.15, 0.2) is 15.7 Å². The van der Waals surface area contributed by atoms with E-state index >= 15 is 0 Å². The van der Waals surface area contributed by atoms with E-state index in [1.807, 2.05) is 0 Å². The van der Waals surface area contributed by atoms with E-state index in [1.54, 1.807) is 35.9 Å². The Hall–Kier alpha value is -3.21. The molecular formula is C14H12N8O2S. The molecule has 0 aliphatic rings. The quantitative estimate of drug-likeness (QED) is 0.567.